The van der Waals surface area contributed by atoms with Gasteiger partial charge in [-0.1, -0.05) is 25.1 Å². The molecular weight excluding hydrogens is 222 g/mol. The number of fused-ring (bicyclic) bond motifs is 1. The highest BCUT2D eigenvalue weighted by Crippen LogP contribution is 2.17. The Labute approximate surface area is 109 Å². The highest BCUT2D eigenvalue weighted by Gasteiger charge is 2.07. The van der Waals surface area contributed by atoms with E-state index in [-0.39, 0.29) is 0 Å². The van der Waals surface area contributed by atoms with Gasteiger partial charge in [0.25, 0.3) is 0 Å². The summed E-state index contributed by atoms with van der Waals surface area (Å²) in [5.41, 5.74) is 8.08. The van der Waals surface area contributed by atoms with Gasteiger partial charge in [-0.05, 0) is 30.7 Å². The SMILES string of the molecule is CCCN(CCN)Cc1ccnc2ccccc12. The molecule has 0 saturated heterocycles. The van der Waals surface area contributed by atoms with Gasteiger partial charge in [-0.2, -0.15) is 0 Å². The van der Waals surface area contributed by atoms with Crippen LogP contribution in [-0.2, 0) is 6.54 Å². The van der Waals surface area contributed by atoms with Gasteiger partial charge in [-0.25, -0.2) is 0 Å². The lowest BCUT2D eigenvalue weighted by Gasteiger charge is -2.21. The zero-order valence-corrected chi connectivity index (χ0v) is 11.0. The summed E-state index contributed by atoms with van der Waals surface area (Å²) in [5.74, 6) is 0. The molecule has 3 nitrogen and oxygen atoms in total. The number of hydrogen-bond donors (Lipinski definition) is 1. The molecule has 0 amide bonds. The fourth-order valence-electron chi connectivity index (χ4n) is 2.30. The third kappa shape index (κ3) is 3.06. The standard InChI is InChI=1S/C15H21N3/c1-2-10-18(11-8-16)12-13-7-9-17-15-6-4-3-5-14(13)15/h3-7,9H,2,8,10-12,16H2,1H3. The molecule has 0 fully saturated rings. The second kappa shape index (κ2) is 6.47. The molecule has 0 atom stereocenters. The average molecular weight is 243 g/mol. The lowest BCUT2D eigenvalue weighted by atomic mass is 10.1. The van der Waals surface area contributed by atoms with E-state index < -0.39 is 0 Å². The molecule has 1 aromatic carbocycles. The normalized spacial score (nSPS) is 11.3. The predicted molar refractivity (Wildman–Crippen MR) is 76.4 cm³/mol. The molecule has 0 spiro atoms. The lowest BCUT2D eigenvalue weighted by molar-refractivity contribution is 0.274. The molecular formula is C15H21N3. The van der Waals surface area contributed by atoms with Crippen molar-refractivity contribution in [3.63, 3.8) is 0 Å². The van der Waals surface area contributed by atoms with Gasteiger partial charge in [0.2, 0.25) is 0 Å². The Morgan fingerprint density at radius 1 is 1.17 bits per heavy atom. The number of benzene rings is 1. The first kappa shape index (κ1) is 13.0. The van der Waals surface area contributed by atoms with Gasteiger partial charge in [0.05, 0.1) is 5.52 Å². The number of aromatic nitrogens is 1. The minimum atomic E-state index is 0.711. The maximum atomic E-state index is 5.67. The molecule has 96 valence electrons. The Bertz CT molecular complexity index is 485. The summed E-state index contributed by atoms with van der Waals surface area (Å²) in [6.45, 7) is 5.91. The molecule has 3 heteroatoms. The first-order valence-corrected chi connectivity index (χ1v) is 6.60. The van der Waals surface area contributed by atoms with Crippen molar-refractivity contribution in [1.29, 1.82) is 0 Å². The second-order valence-electron chi connectivity index (χ2n) is 4.55. The molecule has 0 saturated carbocycles. The average Bonchev–Trinajstić information content (AvgIpc) is 2.40. The lowest BCUT2D eigenvalue weighted by Crippen LogP contribution is -2.29. The van der Waals surface area contributed by atoms with Crippen LogP contribution in [0.2, 0.25) is 0 Å². The zero-order valence-electron chi connectivity index (χ0n) is 11.0. The van der Waals surface area contributed by atoms with Gasteiger partial charge >= 0.3 is 0 Å². The van der Waals surface area contributed by atoms with Gasteiger partial charge in [-0.15, -0.1) is 0 Å². The zero-order chi connectivity index (χ0) is 12.8. The van der Waals surface area contributed by atoms with E-state index >= 15 is 0 Å². The second-order valence-corrected chi connectivity index (χ2v) is 4.55. The summed E-state index contributed by atoms with van der Waals surface area (Å²) in [5, 5.41) is 1.25. The Kier molecular flexibility index (Phi) is 4.67. The van der Waals surface area contributed by atoms with E-state index in [1.165, 1.54) is 10.9 Å². The predicted octanol–water partition coefficient (Wildman–Crippen LogP) is 2.41. The van der Waals surface area contributed by atoms with Crippen LogP contribution in [0.1, 0.15) is 18.9 Å². The van der Waals surface area contributed by atoms with E-state index in [0.29, 0.717) is 6.54 Å². The molecule has 1 aromatic heterocycles. The topological polar surface area (TPSA) is 42.1 Å². The molecule has 2 aromatic rings. The van der Waals surface area contributed by atoms with Crippen LogP contribution < -0.4 is 5.73 Å². The number of nitrogens with zero attached hydrogens (tertiary/aromatic N) is 2. The third-order valence-electron chi connectivity index (χ3n) is 3.12. The number of rotatable bonds is 6. The summed E-state index contributed by atoms with van der Waals surface area (Å²) in [6.07, 6.45) is 3.05. The van der Waals surface area contributed by atoms with Crippen molar-refractivity contribution in [3.8, 4) is 0 Å². The van der Waals surface area contributed by atoms with Crippen molar-refractivity contribution in [2.45, 2.75) is 19.9 Å². The van der Waals surface area contributed by atoms with Gasteiger partial charge in [0.15, 0.2) is 0 Å². The van der Waals surface area contributed by atoms with E-state index in [1.54, 1.807) is 0 Å². The highest BCUT2D eigenvalue weighted by molar-refractivity contribution is 5.81. The van der Waals surface area contributed by atoms with Crippen LogP contribution in [0.4, 0.5) is 0 Å². The summed E-state index contributed by atoms with van der Waals surface area (Å²) < 4.78 is 0. The van der Waals surface area contributed by atoms with Crippen molar-refractivity contribution < 1.29 is 0 Å². The molecule has 0 bridgehead atoms. The molecule has 0 aliphatic carbocycles. The smallest absolute Gasteiger partial charge is 0.0705 e. The van der Waals surface area contributed by atoms with Gasteiger partial charge in [0, 0.05) is 31.2 Å². The van der Waals surface area contributed by atoms with Crippen molar-refractivity contribution in [1.82, 2.24) is 9.88 Å². The van der Waals surface area contributed by atoms with Crippen molar-refractivity contribution in [2.75, 3.05) is 19.6 Å². The Hall–Kier alpha value is -1.45. The summed E-state index contributed by atoms with van der Waals surface area (Å²) >= 11 is 0. The minimum Gasteiger partial charge on any atom is -0.329 e. The summed E-state index contributed by atoms with van der Waals surface area (Å²) in [4.78, 5) is 6.80. The van der Waals surface area contributed by atoms with Gasteiger partial charge in [0.1, 0.15) is 0 Å². The monoisotopic (exact) mass is 243 g/mol. The molecule has 1 heterocycles. The van der Waals surface area contributed by atoms with E-state index in [0.717, 1.165) is 31.6 Å². The van der Waals surface area contributed by atoms with E-state index in [9.17, 15) is 0 Å². The molecule has 18 heavy (non-hydrogen) atoms. The molecule has 0 radical (unpaired) electrons. The van der Waals surface area contributed by atoms with Crippen LogP contribution in [0.5, 0.6) is 0 Å². The molecule has 2 rings (SSSR count). The van der Waals surface area contributed by atoms with Crippen molar-refractivity contribution in [2.24, 2.45) is 5.73 Å². The van der Waals surface area contributed by atoms with Gasteiger partial charge in [-0.3, -0.25) is 9.88 Å². The number of nitrogens with two attached hydrogens (primary N) is 1. The highest BCUT2D eigenvalue weighted by atomic mass is 15.1. The van der Waals surface area contributed by atoms with E-state index in [2.05, 4.69) is 41.1 Å². The summed E-state index contributed by atoms with van der Waals surface area (Å²) in [6, 6.07) is 10.4. The largest absolute Gasteiger partial charge is 0.329 e. The number of pyridine rings is 1. The van der Waals surface area contributed by atoms with Crippen LogP contribution >= 0.6 is 0 Å². The number of hydrogen-bond acceptors (Lipinski definition) is 3. The van der Waals surface area contributed by atoms with E-state index in [4.69, 9.17) is 5.73 Å². The Balaban J connectivity index is 2.24. The maximum Gasteiger partial charge on any atom is 0.0705 e. The van der Waals surface area contributed by atoms with Crippen LogP contribution in [0, 0.1) is 0 Å². The van der Waals surface area contributed by atoms with Gasteiger partial charge < -0.3 is 5.73 Å². The maximum absolute atomic E-state index is 5.67. The molecule has 2 N–H and O–H groups in total. The fraction of sp³-hybridized carbons (Fsp3) is 0.400. The van der Waals surface area contributed by atoms with Crippen LogP contribution in [0.3, 0.4) is 0 Å². The first-order valence-electron chi connectivity index (χ1n) is 6.60. The third-order valence-corrected chi connectivity index (χ3v) is 3.12. The van der Waals surface area contributed by atoms with Crippen molar-refractivity contribution in [3.05, 3.63) is 42.1 Å². The molecule has 0 aliphatic rings. The Morgan fingerprint density at radius 3 is 2.78 bits per heavy atom. The summed E-state index contributed by atoms with van der Waals surface area (Å²) in [7, 11) is 0. The minimum absolute atomic E-state index is 0.711. The van der Waals surface area contributed by atoms with Crippen LogP contribution in [0.15, 0.2) is 36.5 Å². The fourth-order valence-corrected chi connectivity index (χ4v) is 2.30. The molecule has 0 unspecified atom stereocenters. The number of para-hydroxylation sites is 1. The first-order chi connectivity index (χ1) is 8.85. The van der Waals surface area contributed by atoms with Crippen LogP contribution in [0.25, 0.3) is 10.9 Å². The van der Waals surface area contributed by atoms with E-state index in [1.807, 2.05) is 12.3 Å². The Morgan fingerprint density at radius 2 is 2.00 bits per heavy atom. The quantitative estimate of drug-likeness (QED) is 0.847. The van der Waals surface area contributed by atoms with Crippen LogP contribution in [-0.4, -0.2) is 29.5 Å². The van der Waals surface area contributed by atoms with Crippen molar-refractivity contribution >= 4 is 10.9 Å². The molecule has 0 aliphatic heterocycles.